The van der Waals surface area contributed by atoms with E-state index in [9.17, 15) is 13.6 Å². The zero-order valence-electron chi connectivity index (χ0n) is 10.4. The number of methoxy groups -OCH3 is 1. The van der Waals surface area contributed by atoms with Crippen LogP contribution in [0.5, 0.6) is 5.75 Å². The number of hydrogen-bond donors (Lipinski definition) is 0. The average molecular weight is 270 g/mol. The van der Waals surface area contributed by atoms with Gasteiger partial charge in [0.05, 0.1) is 20.1 Å². The Kier molecular flexibility index (Phi) is 5.18. The summed E-state index contributed by atoms with van der Waals surface area (Å²) in [5, 5.41) is 8.88. The Morgan fingerprint density at radius 1 is 1.58 bits per heavy atom. The molecule has 5 nitrogen and oxygen atoms in total. The number of rotatable bonds is 5. The number of esters is 1. The second-order valence-electron chi connectivity index (χ2n) is 3.48. The highest BCUT2D eigenvalue weighted by molar-refractivity contribution is 5.73. The van der Waals surface area contributed by atoms with Gasteiger partial charge >= 0.3 is 5.97 Å². The van der Waals surface area contributed by atoms with Gasteiger partial charge < -0.3 is 9.47 Å². The second kappa shape index (κ2) is 6.64. The van der Waals surface area contributed by atoms with Gasteiger partial charge in [0.25, 0.3) is 6.43 Å². The predicted octanol–water partition coefficient (Wildman–Crippen LogP) is 2.01. The molecule has 0 N–H and O–H groups in total. The van der Waals surface area contributed by atoms with Gasteiger partial charge in [-0.15, -0.1) is 0 Å². The molecule has 1 heterocycles. The zero-order valence-corrected chi connectivity index (χ0v) is 10.4. The number of halogens is 2. The standard InChI is InChI=1S/C12H12F2N2O3/c1-3-19-10(17)5-7-4-9(18-2)11(12(13)14)16-8(7)6-15/h4,12H,3,5H2,1-2H3. The summed E-state index contributed by atoms with van der Waals surface area (Å²) < 4.78 is 34.9. The third kappa shape index (κ3) is 3.61. The van der Waals surface area contributed by atoms with Gasteiger partial charge in [-0.05, 0) is 13.0 Å². The smallest absolute Gasteiger partial charge is 0.310 e. The number of hydrogen-bond acceptors (Lipinski definition) is 5. The van der Waals surface area contributed by atoms with E-state index in [4.69, 9.17) is 14.7 Å². The SMILES string of the molecule is CCOC(=O)Cc1cc(OC)c(C(F)F)nc1C#N. The first kappa shape index (κ1) is 14.8. The molecule has 0 aliphatic heterocycles. The van der Waals surface area contributed by atoms with Gasteiger partial charge in [-0.1, -0.05) is 0 Å². The summed E-state index contributed by atoms with van der Waals surface area (Å²) in [6.45, 7) is 1.84. The Bertz CT molecular complexity index is 512. The molecule has 0 spiro atoms. The van der Waals surface area contributed by atoms with Gasteiger partial charge in [0.1, 0.15) is 23.2 Å². The molecule has 102 valence electrons. The van der Waals surface area contributed by atoms with E-state index in [0.29, 0.717) is 0 Å². The first-order chi connectivity index (χ1) is 9.03. The summed E-state index contributed by atoms with van der Waals surface area (Å²) in [4.78, 5) is 14.9. The number of alkyl halides is 2. The van der Waals surface area contributed by atoms with Crippen LogP contribution in [0.15, 0.2) is 6.07 Å². The number of nitriles is 1. The van der Waals surface area contributed by atoms with Crippen LogP contribution in [0.1, 0.15) is 30.3 Å². The van der Waals surface area contributed by atoms with Crippen LogP contribution in [0.25, 0.3) is 0 Å². The molecule has 0 amide bonds. The van der Waals surface area contributed by atoms with Crippen molar-refractivity contribution >= 4 is 5.97 Å². The first-order valence-corrected chi connectivity index (χ1v) is 5.45. The van der Waals surface area contributed by atoms with E-state index in [1.807, 2.05) is 0 Å². The minimum Gasteiger partial charge on any atom is -0.495 e. The molecule has 0 saturated heterocycles. The Hall–Kier alpha value is -2.23. The molecule has 0 fully saturated rings. The van der Waals surface area contributed by atoms with Crippen molar-refractivity contribution in [3.8, 4) is 11.8 Å². The fraction of sp³-hybridized carbons (Fsp3) is 0.417. The van der Waals surface area contributed by atoms with Crippen LogP contribution in [0, 0.1) is 11.3 Å². The number of ether oxygens (including phenoxy) is 2. The Morgan fingerprint density at radius 2 is 2.26 bits per heavy atom. The number of nitrogens with zero attached hydrogens (tertiary/aromatic N) is 2. The number of aromatic nitrogens is 1. The van der Waals surface area contributed by atoms with Crippen molar-refractivity contribution in [1.29, 1.82) is 5.26 Å². The Balaban J connectivity index is 3.18. The largest absolute Gasteiger partial charge is 0.495 e. The Morgan fingerprint density at radius 3 is 2.74 bits per heavy atom. The average Bonchev–Trinajstić information content (AvgIpc) is 2.38. The molecule has 0 aliphatic carbocycles. The summed E-state index contributed by atoms with van der Waals surface area (Å²) in [6, 6.07) is 2.89. The highest BCUT2D eigenvalue weighted by Gasteiger charge is 2.21. The number of carbonyl (C=O) groups excluding carboxylic acids is 1. The molecule has 0 aromatic carbocycles. The molecule has 7 heteroatoms. The van der Waals surface area contributed by atoms with Crippen LogP contribution in [0.3, 0.4) is 0 Å². The monoisotopic (exact) mass is 270 g/mol. The Labute approximate surface area is 108 Å². The molecule has 0 aliphatic rings. The third-order valence-electron chi connectivity index (χ3n) is 2.27. The zero-order chi connectivity index (χ0) is 14.4. The van der Waals surface area contributed by atoms with Crippen molar-refractivity contribution in [3.63, 3.8) is 0 Å². The molecular weight excluding hydrogens is 258 g/mol. The van der Waals surface area contributed by atoms with Crippen molar-refractivity contribution in [1.82, 2.24) is 4.98 Å². The van der Waals surface area contributed by atoms with Crippen LogP contribution in [0.4, 0.5) is 8.78 Å². The fourth-order valence-corrected chi connectivity index (χ4v) is 1.47. The van der Waals surface area contributed by atoms with E-state index < -0.39 is 18.1 Å². The normalized spacial score (nSPS) is 10.1. The minimum atomic E-state index is -2.86. The lowest BCUT2D eigenvalue weighted by Crippen LogP contribution is -2.11. The lowest BCUT2D eigenvalue weighted by Gasteiger charge is -2.10. The van der Waals surface area contributed by atoms with Gasteiger partial charge in [0.15, 0.2) is 0 Å². The van der Waals surface area contributed by atoms with Crippen molar-refractivity contribution in [2.45, 2.75) is 19.8 Å². The van der Waals surface area contributed by atoms with Gasteiger partial charge in [0.2, 0.25) is 0 Å². The second-order valence-corrected chi connectivity index (χ2v) is 3.48. The van der Waals surface area contributed by atoms with Crippen LogP contribution in [0.2, 0.25) is 0 Å². The molecule has 0 radical (unpaired) electrons. The molecule has 0 bridgehead atoms. The minimum absolute atomic E-state index is 0.159. The van der Waals surface area contributed by atoms with E-state index in [-0.39, 0.29) is 30.0 Å². The fourth-order valence-electron chi connectivity index (χ4n) is 1.47. The van der Waals surface area contributed by atoms with Gasteiger partial charge in [-0.2, -0.15) is 5.26 Å². The van der Waals surface area contributed by atoms with Crippen LogP contribution in [-0.4, -0.2) is 24.7 Å². The third-order valence-corrected chi connectivity index (χ3v) is 2.27. The van der Waals surface area contributed by atoms with Crippen molar-refractivity contribution in [2.24, 2.45) is 0 Å². The number of pyridine rings is 1. The summed E-state index contributed by atoms with van der Waals surface area (Å²) in [7, 11) is 1.21. The van der Waals surface area contributed by atoms with Crippen LogP contribution < -0.4 is 4.74 Å². The van der Waals surface area contributed by atoms with E-state index in [1.165, 1.54) is 13.2 Å². The van der Waals surface area contributed by atoms with E-state index >= 15 is 0 Å². The first-order valence-electron chi connectivity index (χ1n) is 5.45. The number of carbonyl (C=O) groups is 1. The maximum Gasteiger partial charge on any atom is 0.310 e. The van der Waals surface area contributed by atoms with Crippen molar-refractivity contribution < 1.29 is 23.0 Å². The van der Waals surface area contributed by atoms with Crippen molar-refractivity contribution in [3.05, 3.63) is 23.0 Å². The predicted molar refractivity (Wildman–Crippen MR) is 60.8 cm³/mol. The van der Waals surface area contributed by atoms with Gasteiger partial charge in [-0.3, -0.25) is 4.79 Å². The molecular formula is C12H12F2N2O3. The maximum atomic E-state index is 12.7. The van der Waals surface area contributed by atoms with Gasteiger partial charge in [0, 0.05) is 5.56 Å². The maximum absolute atomic E-state index is 12.7. The van der Waals surface area contributed by atoms with E-state index in [0.717, 1.165) is 0 Å². The van der Waals surface area contributed by atoms with Gasteiger partial charge in [-0.25, -0.2) is 13.8 Å². The lowest BCUT2D eigenvalue weighted by atomic mass is 10.1. The summed E-state index contributed by atoms with van der Waals surface area (Å²) in [5.41, 5.74) is -0.655. The van der Waals surface area contributed by atoms with Crippen LogP contribution in [-0.2, 0) is 16.0 Å². The van der Waals surface area contributed by atoms with E-state index in [1.54, 1.807) is 13.0 Å². The molecule has 0 atom stereocenters. The molecule has 1 aromatic rings. The molecule has 0 saturated carbocycles. The van der Waals surface area contributed by atoms with E-state index in [2.05, 4.69) is 4.98 Å². The highest BCUT2D eigenvalue weighted by Crippen LogP contribution is 2.29. The lowest BCUT2D eigenvalue weighted by molar-refractivity contribution is -0.142. The van der Waals surface area contributed by atoms with Crippen molar-refractivity contribution in [2.75, 3.05) is 13.7 Å². The van der Waals surface area contributed by atoms with Crippen LogP contribution >= 0.6 is 0 Å². The topological polar surface area (TPSA) is 72.2 Å². The molecule has 1 aromatic heterocycles. The molecule has 19 heavy (non-hydrogen) atoms. The quantitative estimate of drug-likeness (QED) is 0.765. The summed E-state index contributed by atoms with van der Waals surface area (Å²) in [6.07, 6.45) is -3.08. The molecule has 1 rings (SSSR count). The highest BCUT2D eigenvalue weighted by atomic mass is 19.3. The molecule has 0 unspecified atom stereocenters. The summed E-state index contributed by atoms with van der Waals surface area (Å²) in [5.74, 6) is -0.721. The summed E-state index contributed by atoms with van der Waals surface area (Å²) >= 11 is 0.